The van der Waals surface area contributed by atoms with Gasteiger partial charge < -0.3 is 26.0 Å². The summed E-state index contributed by atoms with van der Waals surface area (Å²) >= 11 is 1.71. The summed E-state index contributed by atoms with van der Waals surface area (Å²) < 4.78 is 12.7. The second kappa shape index (κ2) is 10.3. The second-order valence-electron chi connectivity index (χ2n) is 7.64. The van der Waals surface area contributed by atoms with Gasteiger partial charge in [-0.15, -0.1) is 11.8 Å². The zero-order valence-corrected chi connectivity index (χ0v) is 18.1. The molecule has 0 radical (unpaired) electrons. The van der Waals surface area contributed by atoms with Gasteiger partial charge in [0.15, 0.2) is 6.29 Å². The molecule has 162 valence electrons. The molecule has 1 aliphatic heterocycles. The van der Waals surface area contributed by atoms with Crippen molar-refractivity contribution in [3.8, 4) is 0 Å². The van der Waals surface area contributed by atoms with Crippen molar-refractivity contribution in [2.24, 2.45) is 5.73 Å². The lowest BCUT2D eigenvalue weighted by Gasteiger charge is -2.36. The highest BCUT2D eigenvalue weighted by Gasteiger charge is 2.32. The number of aliphatic hydroxyl groups excluding tert-OH is 1. The SMILES string of the molecule is NCc1ccc(C2OC(CSc3ccccc3N)CC(c3ccc(CO)cc3)O2)cc1. The molecule has 3 atom stereocenters. The van der Waals surface area contributed by atoms with Gasteiger partial charge in [-0.1, -0.05) is 60.7 Å². The monoisotopic (exact) mass is 436 g/mol. The van der Waals surface area contributed by atoms with E-state index in [-0.39, 0.29) is 18.8 Å². The van der Waals surface area contributed by atoms with Crippen molar-refractivity contribution >= 4 is 17.4 Å². The number of thioether (sulfide) groups is 1. The molecule has 0 amide bonds. The molecule has 1 aliphatic rings. The average Bonchev–Trinajstić information content (AvgIpc) is 2.83. The molecule has 6 heteroatoms. The topological polar surface area (TPSA) is 90.7 Å². The van der Waals surface area contributed by atoms with Crippen LogP contribution in [-0.2, 0) is 22.6 Å². The van der Waals surface area contributed by atoms with Gasteiger partial charge in [-0.3, -0.25) is 0 Å². The molecule has 5 nitrogen and oxygen atoms in total. The van der Waals surface area contributed by atoms with Crippen LogP contribution in [0.2, 0.25) is 0 Å². The van der Waals surface area contributed by atoms with Gasteiger partial charge in [-0.05, 0) is 28.8 Å². The Morgan fingerprint density at radius 3 is 2.23 bits per heavy atom. The molecular formula is C25H28N2O3S. The van der Waals surface area contributed by atoms with Crippen LogP contribution in [0.1, 0.15) is 41.1 Å². The number of nitrogens with two attached hydrogens (primary N) is 2. The van der Waals surface area contributed by atoms with Gasteiger partial charge in [0.05, 0.1) is 18.8 Å². The molecule has 31 heavy (non-hydrogen) atoms. The molecular weight excluding hydrogens is 408 g/mol. The maximum atomic E-state index is 9.34. The van der Waals surface area contributed by atoms with E-state index in [0.717, 1.165) is 45.0 Å². The Hall–Kier alpha value is -2.35. The van der Waals surface area contributed by atoms with Crippen molar-refractivity contribution in [3.05, 3.63) is 95.1 Å². The molecule has 1 saturated heterocycles. The Morgan fingerprint density at radius 1 is 0.871 bits per heavy atom. The number of rotatable bonds is 7. The van der Waals surface area contributed by atoms with Crippen molar-refractivity contribution < 1.29 is 14.6 Å². The van der Waals surface area contributed by atoms with Crippen LogP contribution in [0.4, 0.5) is 5.69 Å². The van der Waals surface area contributed by atoms with Crippen molar-refractivity contribution in [3.63, 3.8) is 0 Å². The number of aliphatic hydroxyl groups is 1. The summed E-state index contributed by atoms with van der Waals surface area (Å²) in [5.74, 6) is 0.778. The minimum Gasteiger partial charge on any atom is -0.398 e. The zero-order chi connectivity index (χ0) is 21.6. The lowest BCUT2D eigenvalue weighted by Crippen LogP contribution is -2.31. The van der Waals surface area contributed by atoms with E-state index in [1.54, 1.807) is 11.8 Å². The summed E-state index contributed by atoms with van der Waals surface area (Å²) in [6.07, 6.45) is 0.191. The Morgan fingerprint density at radius 2 is 1.55 bits per heavy atom. The van der Waals surface area contributed by atoms with Crippen molar-refractivity contribution in [2.45, 2.75) is 43.0 Å². The largest absolute Gasteiger partial charge is 0.398 e. The minimum absolute atomic E-state index is 0.0000551. The molecule has 1 fully saturated rings. The zero-order valence-electron chi connectivity index (χ0n) is 17.3. The predicted octanol–water partition coefficient (Wildman–Crippen LogP) is 4.56. The number of para-hydroxylation sites is 1. The molecule has 3 aromatic carbocycles. The number of hydrogen-bond donors (Lipinski definition) is 3. The fraction of sp³-hybridized carbons (Fsp3) is 0.280. The lowest BCUT2D eigenvalue weighted by molar-refractivity contribution is -0.245. The maximum Gasteiger partial charge on any atom is 0.184 e. The summed E-state index contributed by atoms with van der Waals surface area (Å²) in [7, 11) is 0. The molecule has 0 saturated carbocycles. The van der Waals surface area contributed by atoms with Crippen molar-refractivity contribution in [1.29, 1.82) is 0 Å². The van der Waals surface area contributed by atoms with E-state index in [9.17, 15) is 5.11 Å². The number of benzene rings is 3. The molecule has 5 N–H and O–H groups in total. The van der Waals surface area contributed by atoms with E-state index in [0.29, 0.717) is 6.54 Å². The normalized spacial score (nSPS) is 21.2. The minimum atomic E-state index is -0.457. The van der Waals surface area contributed by atoms with E-state index in [4.69, 9.17) is 20.9 Å². The smallest absolute Gasteiger partial charge is 0.184 e. The van der Waals surface area contributed by atoms with E-state index in [1.165, 1.54) is 0 Å². The first-order chi connectivity index (χ1) is 15.2. The fourth-order valence-corrected chi connectivity index (χ4v) is 4.62. The van der Waals surface area contributed by atoms with Gasteiger partial charge in [-0.2, -0.15) is 0 Å². The van der Waals surface area contributed by atoms with Crippen molar-refractivity contribution in [2.75, 3.05) is 11.5 Å². The Kier molecular flexibility index (Phi) is 7.27. The first-order valence-corrected chi connectivity index (χ1v) is 11.4. The highest BCUT2D eigenvalue weighted by Crippen LogP contribution is 2.39. The number of nitrogen functional groups attached to an aromatic ring is 1. The van der Waals surface area contributed by atoms with Crippen LogP contribution in [0.15, 0.2) is 77.7 Å². The Bertz CT molecular complexity index is 923. The van der Waals surface area contributed by atoms with Gasteiger partial charge >= 0.3 is 0 Å². The summed E-state index contributed by atoms with van der Waals surface area (Å²) in [5, 5.41) is 9.34. The highest BCUT2D eigenvalue weighted by molar-refractivity contribution is 7.99. The molecule has 0 aliphatic carbocycles. The Balaban J connectivity index is 1.53. The van der Waals surface area contributed by atoms with E-state index >= 15 is 0 Å². The predicted molar refractivity (Wildman–Crippen MR) is 124 cm³/mol. The maximum absolute atomic E-state index is 9.34. The number of hydrogen-bond acceptors (Lipinski definition) is 6. The average molecular weight is 437 g/mol. The van der Waals surface area contributed by atoms with Crippen LogP contribution in [0, 0.1) is 0 Å². The van der Waals surface area contributed by atoms with E-state index in [1.807, 2.05) is 72.8 Å². The van der Waals surface area contributed by atoms with Gasteiger partial charge in [0, 0.05) is 34.9 Å². The van der Waals surface area contributed by atoms with Gasteiger partial charge in [0.1, 0.15) is 0 Å². The third kappa shape index (κ3) is 5.47. The second-order valence-corrected chi connectivity index (χ2v) is 8.71. The van der Waals surface area contributed by atoms with Crippen LogP contribution < -0.4 is 11.5 Å². The van der Waals surface area contributed by atoms with Crippen LogP contribution in [0.3, 0.4) is 0 Å². The lowest BCUT2D eigenvalue weighted by atomic mass is 10.0. The molecule has 1 heterocycles. The Labute approximate surface area is 187 Å². The molecule has 0 spiro atoms. The number of ether oxygens (including phenoxy) is 2. The standard InChI is InChI=1S/C25H28N2O3S/c26-14-17-5-11-20(12-6-17)25-29-21(16-31-24-4-2-1-3-22(24)27)13-23(30-25)19-9-7-18(15-28)8-10-19/h1-12,21,23,25,28H,13-16,26-27H2. The highest BCUT2D eigenvalue weighted by atomic mass is 32.2. The number of anilines is 1. The van der Waals surface area contributed by atoms with Crippen LogP contribution in [-0.4, -0.2) is 17.0 Å². The first kappa shape index (κ1) is 21.9. The third-order valence-electron chi connectivity index (χ3n) is 5.45. The summed E-state index contributed by atoms with van der Waals surface area (Å²) in [4.78, 5) is 1.06. The quantitative estimate of drug-likeness (QED) is 0.372. The van der Waals surface area contributed by atoms with Gasteiger partial charge in [0.25, 0.3) is 0 Å². The molecule has 0 aromatic heterocycles. The van der Waals surface area contributed by atoms with E-state index < -0.39 is 6.29 Å². The van der Waals surface area contributed by atoms with Gasteiger partial charge in [0.2, 0.25) is 0 Å². The van der Waals surface area contributed by atoms with Crippen molar-refractivity contribution in [1.82, 2.24) is 0 Å². The summed E-state index contributed by atoms with van der Waals surface area (Å²) in [5.41, 5.74) is 16.6. The summed E-state index contributed by atoms with van der Waals surface area (Å²) in [6.45, 7) is 0.535. The molecule has 3 aromatic rings. The molecule has 4 rings (SSSR count). The van der Waals surface area contributed by atoms with Crippen LogP contribution >= 0.6 is 11.8 Å². The molecule has 0 bridgehead atoms. The van der Waals surface area contributed by atoms with Crippen LogP contribution in [0.25, 0.3) is 0 Å². The molecule has 3 unspecified atom stereocenters. The third-order valence-corrected chi connectivity index (χ3v) is 6.67. The van der Waals surface area contributed by atoms with Gasteiger partial charge in [-0.25, -0.2) is 0 Å². The van der Waals surface area contributed by atoms with Crippen LogP contribution in [0.5, 0.6) is 0 Å². The summed E-state index contributed by atoms with van der Waals surface area (Å²) in [6, 6.07) is 23.9. The van der Waals surface area contributed by atoms with E-state index in [2.05, 4.69) is 0 Å². The first-order valence-electron chi connectivity index (χ1n) is 10.4. The fourth-order valence-electron chi connectivity index (χ4n) is 3.63.